The van der Waals surface area contributed by atoms with Gasteiger partial charge in [-0.1, -0.05) is 24.3 Å². The van der Waals surface area contributed by atoms with Crippen LogP contribution in [-0.4, -0.2) is 19.3 Å². The van der Waals surface area contributed by atoms with Crippen LogP contribution < -0.4 is 20.4 Å². The van der Waals surface area contributed by atoms with Crippen molar-refractivity contribution in [3.05, 3.63) is 69.6 Å². The molecule has 0 unspecified atom stereocenters. The normalized spacial score (nSPS) is 16.0. The van der Waals surface area contributed by atoms with Crippen LogP contribution in [0.15, 0.2) is 51.7 Å². The fraction of sp³-hybridized carbons (Fsp3) is 0.286. The Morgan fingerprint density at radius 1 is 1.12 bits per heavy atom. The Labute approximate surface area is 151 Å². The molecule has 5 heteroatoms. The van der Waals surface area contributed by atoms with Gasteiger partial charge in [0.25, 0.3) is 0 Å². The second-order valence-electron chi connectivity index (χ2n) is 6.60. The van der Waals surface area contributed by atoms with E-state index in [0.29, 0.717) is 25.3 Å². The molecule has 0 bridgehead atoms. The third-order valence-electron chi connectivity index (χ3n) is 4.77. The Morgan fingerprint density at radius 2 is 1.92 bits per heavy atom. The molecule has 1 aliphatic heterocycles. The van der Waals surface area contributed by atoms with Crippen LogP contribution in [0.3, 0.4) is 0 Å². The first kappa shape index (κ1) is 16.7. The summed E-state index contributed by atoms with van der Waals surface area (Å²) in [4.78, 5) is 11.9. The van der Waals surface area contributed by atoms with Crippen molar-refractivity contribution in [1.29, 1.82) is 0 Å². The molecule has 1 N–H and O–H groups in total. The van der Waals surface area contributed by atoms with Crippen LogP contribution in [0.4, 0.5) is 0 Å². The molecule has 134 valence electrons. The van der Waals surface area contributed by atoms with Gasteiger partial charge in [0.15, 0.2) is 11.5 Å². The SMILES string of the molecule is Cc1ccc2c(CNC[C@@H]3COc4ccccc4O3)cc(=O)oc2c1C. The van der Waals surface area contributed by atoms with E-state index in [1.165, 1.54) is 0 Å². The summed E-state index contributed by atoms with van der Waals surface area (Å²) >= 11 is 0. The largest absolute Gasteiger partial charge is 0.486 e. The van der Waals surface area contributed by atoms with Crippen molar-refractivity contribution in [1.82, 2.24) is 5.32 Å². The van der Waals surface area contributed by atoms with Crippen LogP contribution in [0.5, 0.6) is 11.5 Å². The Bertz CT molecular complexity index is 1010. The standard InChI is InChI=1S/C21H21NO4/c1-13-7-8-17-15(9-20(23)26-21(17)14(13)2)10-22-11-16-12-24-18-5-3-4-6-19(18)25-16/h3-9,16,22H,10-12H2,1-2H3/t16-/m1/s1. The van der Waals surface area contributed by atoms with E-state index in [0.717, 1.165) is 33.6 Å². The Morgan fingerprint density at radius 3 is 2.77 bits per heavy atom. The monoisotopic (exact) mass is 351 g/mol. The molecule has 0 fully saturated rings. The van der Waals surface area contributed by atoms with Crippen LogP contribution in [0.1, 0.15) is 16.7 Å². The molecule has 0 amide bonds. The van der Waals surface area contributed by atoms with Gasteiger partial charge in [0, 0.05) is 24.5 Å². The predicted octanol–water partition coefficient (Wildman–Crippen LogP) is 3.34. The van der Waals surface area contributed by atoms with Gasteiger partial charge in [-0.05, 0) is 42.7 Å². The van der Waals surface area contributed by atoms with Crippen LogP contribution in [-0.2, 0) is 6.54 Å². The fourth-order valence-electron chi connectivity index (χ4n) is 3.20. The number of aryl methyl sites for hydroxylation is 2. The topological polar surface area (TPSA) is 60.7 Å². The van der Waals surface area contributed by atoms with Gasteiger partial charge in [0.1, 0.15) is 18.3 Å². The summed E-state index contributed by atoms with van der Waals surface area (Å²) in [5, 5.41) is 4.33. The molecule has 2 heterocycles. The van der Waals surface area contributed by atoms with Crippen LogP contribution in [0.2, 0.25) is 0 Å². The number of rotatable bonds is 4. The van der Waals surface area contributed by atoms with Gasteiger partial charge in [-0.15, -0.1) is 0 Å². The fourth-order valence-corrected chi connectivity index (χ4v) is 3.20. The first-order chi connectivity index (χ1) is 12.6. The zero-order chi connectivity index (χ0) is 18.1. The molecule has 2 aromatic carbocycles. The summed E-state index contributed by atoms with van der Waals surface area (Å²) < 4.78 is 17.1. The molecule has 1 atom stereocenters. The molecule has 4 rings (SSSR count). The molecule has 3 aromatic rings. The molecule has 0 aliphatic carbocycles. The summed E-state index contributed by atoms with van der Waals surface area (Å²) in [6.45, 7) is 5.67. The van der Waals surface area contributed by atoms with Gasteiger partial charge in [-0.3, -0.25) is 0 Å². The highest BCUT2D eigenvalue weighted by molar-refractivity contribution is 5.83. The first-order valence-corrected chi connectivity index (χ1v) is 8.74. The molecule has 5 nitrogen and oxygen atoms in total. The predicted molar refractivity (Wildman–Crippen MR) is 100 cm³/mol. The van der Waals surface area contributed by atoms with Gasteiger partial charge < -0.3 is 19.2 Å². The third-order valence-corrected chi connectivity index (χ3v) is 4.77. The van der Waals surface area contributed by atoms with Crippen LogP contribution in [0, 0.1) is 13.8 Å². The second kappa shape index (κ2) is 6.84. The average molecular weight is 351 g/mol. The minimum Gasteiger partial charge on any atom is -0.486 e. The van der Waals surface area contributed by atoms with E-state index in [2.05, 4.69) is 11.4 Å². The zero-order valence-corrected chi connectivity index (χ0v) is 14.9. The van der Waals surface area contributed by atoms with Gasteiger partial charge in [0.2, 0.25) is 0 Å². The number of para-hydroxylation sites is 2. The van der Waals surface area contributed by atoms with Crippen molar-refractivity contribution >= 4 is 11.0 Å². The smallest absolute Gasteiger partial charge is 0.336 e. The maximum Gasteiger partial charge on any atom is 0.336 e. The van der Waals surface area contributed by atoms with E-state index in [4.69, 9.17) is 13.9 Å². The highest BCUT2D eigenvalue weighted by atomic mass is 16.6. The van der Waals surface area contributed by atoms with E-state index >= 15 is 0 Å². The molecule has 1 aliphatic rings. The molecule has 0 spiro atoms. The molecule has 0 saturated heterocycles. The number of fused-ring (bicyclic) bond motifs is 2. The van der Waals surface area contributed by atoms with E-state index < -0.39 is 0 Å². The molecular weight excluding hydrogens is 330 g/mol. The molecule has 0 saturated carbocycles. The van der Waals surface area contributed by atoms with Crippen molar-refractivity contribution in [3.8, 4) is 11.5 Å². The number of hydrogen-bond donors (Lipinski definition) is 1. The van der Waals surface area contributed by atoms with Crippen LogP contribution in [0.25, 0.3) is 11.0 Å². The maximum absolute atomic E-state index is 11.9. The summed E-state index contributed by atoms with van der Waals surface area (Å²) in [5.41, 5.74) is 3.38. The lowest BCUT2D eigenvalue weighted by atomic mass is 10.0. The average Bonchev–Trinajstić information content (AvgIpc) is 2.65. The lowest BCUT2D eigenvalue weighted by Gasteiger charge is -2.26. The van der Waals surface area contributed by atoms with Gasteiger partial charge in [-0.25, -0.2) is 4.79 Å². The number of ether oxygens (including phenoxy) is 2. The Kier molecular flexibility index (Phi) is 4.39. The Balaban J connectivity index is 1.47. The van der Waals surface area contributed by atoms with Gasteiger partial charge in [-0.2, -0.15) is 0 Å². The molecule has 26 heavy (non-hydrogen) atoms. The first-order valence-electron chi connectivity index (χ1n) is 8.74. The second-order valence-corrected chi connectivity index (χ2v) is 6.60. The number of nitrogens with one attached hydrogen (secondary N) is 1. The van der Waals surface area contributed by atoms with Crippen molar-refractivity contribution < 1.29 is 13.9 Å². The quantitative estimate of drug-likeness (QED) is 0.731. The maximum atomic E-state index is 11.9. The highest BCUT2D eigenvalue weighted by Crippen LogP contribution is 2.30. The lowest BCUT2D eigenvalue weighted by Crippen LogP contribution is -2.38. The molecule has 1 aromatic heterocycles. The van der Waals surface area contributed by atoms with Gasteiger partial charge >= 0.3 is 5.63 Å². The zero-order valence-electron chi connectivity index (χ0n) is 14.9. The van der Waals surface area contributed by atoms with E-state index in [1.54, 1.807) is 6.07 Å². The summed E-state index contributed by atoms with van der Waals surface area (Å²) in [6.07, 6.45) is -0.0692. The molecule has 0 radical (unpaired) electrons. The van der Waals surface area contributed by atoms with Crippen molar-refractivity contribution in [2.45, 2.75) is 26.5 Å². The minimum absolute atomic E-state index is 0.0692. The Hall–Kier alpha value is -2.79. The lowest BCUT2D eigenvalue weighted by molar-refractivity contribution is 0.0902. The van der Waals surface area contributed by atoms with E-state index in [1.807, 2.05) is 44.2 Å². The van der Waals surface area contributed by atoms with Crippen molar-refractivity contribution in [2.24, 2.45) is 0 Å². The van der Waals surface area contributed by atoms with E-state index in [-0.39, 0.29) is 11.7 Å². The summed E-state index contributed by atoms with van der Waals surface area (Å²) in [5.74, 6) is 1.55. The highest BCUT2D eigenvalue weighted by Gasteiger charge is 2.20. The summed E-state index contributed by atoms with van der Waals surface area (Å²) in [7, 11) is 0. The molecular formula is C21H21NO4. The summed E-state index contributed by atoms with van der Waals surface area (Å²) in [6, 6.07) is 13.3. The van der Waals surface area contributed by atoms with E-state index in [9.17, 15) is 4.79 Å². The number of hydrogen-bond acceptors (Lipinski definition) is 5. The third kappa shape index (κ3) is 3.18. The van der Waals surface area contributed by atoms with Crippen LogP contribution >= 0.6 is 0 Å². The van der Waals surface area contributed by atoms with Crippen molar-refractivity contribution in [3.63, 3.8) is 0 Å². The van der Waals surface area contributed by atoms with Gasteiger partial charge in [0.05, 0.1) is 0 Å². The van der Waals surface area contributed by atoms with Crippen molar-refractivity contribution in [2.75, 3.05) is 13.2 Å². The number of benzene rings is 2. The minimum atomic E-state index is -0.325.